The van der Waals surface area contributed by atoms with Crippen molar-refractivity contribution in [1.29, 1.82) is 0 Å². The standard InChI is InChI=1S/C18H21F2N5O/c1-12-23-16(11-17(24-12)25-8-2-3-9-25)21-6-7-22-18(26)14-5-4-13(19)10-15(14)20/h4-5,10-11H,2-3,6-9H2,1H3,(H,22,26)(H,21,23,24). The molecule has 26 heavy (non-hydrogen) atoms. The van der Waals surface area contributed by atoms with E-state index in [4.69, 9.17) is 0 Å². The third-order valence-corrected chi connectivity index (χ3v) is 4.15. The lowest BCUT2D eigenvalue weighted by Crippen LogP contribution is -2.29. The molecule has 138 valence electrons. The van der Waals surface area contributed by atoms with Gasteiger partial charge in [0.25, 0.3) is 5.91 Å². The molecular formula is C18H21F2N5O. The van der Waals surface area contributed by atoms with E-state index in [0.29, 0.717) is 24.3 Å². The van der Waals surface area contributed by atoms with Crippen LogP contribution in [0.3, 0.4) is 0 Å². The Morgan fingerprint density at radius 1 is 1.15 bits per heavy atom. The minimum Gasteiger partial charge on any atom is -0.368 e. The van der Waals surface area contributed by atoms with Gasteiger partial charge in [-0.25, -0.2) is 18.7 Å². The first kappa shape index (κ1) is 18.0. The van der Waals surface area contributed by atoms with Crippen molar-refractivity contribution >= 4 is 17.5 Å². The number of hydrogen-bond acceptors (Lipinski definition) is 5. The minimum atomic E-state index is -0.878. The van der Waals surface area contributed by atoms with Crippen molar-refractivity contribution in [3.8, 4) is 0 Å². The van der Waals surface area contributed by atoms with Crippen molar-refractivity contribution in [3.63, 3.8) is 0 Å². The number of hydrogen-bond donors (Lipinski definition) is 2. The summed E-state index contributed by atoms with van der Waals surface area (Å²) in [5.41, 5.74) is -0.180. The molecule has 1 saturated heterocycles. The second-order valence-corrected chi connectivity index (χ2v) is 6.16. The van der Waals surface area contributed by atoms with Gasteiger partial charge in [0, 0.05) is 38.3 Å². The summed E-state index contributed by atoms with van der Waals surface area (Å²) in [6.45, 7) is 4.52. The summed E-state index contributed by atoms with van der Waals surface area (Å²) in [5.74, 6) is 0.0811. The first-order chi connectivity index (χ1) is 12.5. The van der Waals surface area contributed by atoms with E-state index >= 15 is 0 Å². The smallest absolute Gasteiger partial charge is 0.254 e. The van der Waals surface area contributed by atoms with E-state index in [0.717, 1.165) is 43.9 Å². The SMILES string of the molecule is Cc1nc(NCCNC(=O)c2ccc(F)cc2F)cc(N2CCCC2)n1. The number of nitrogens with zero attached hydrogens (tertiary/aromatic N) is 3. The van der Waals surface area contributed by atoms with Gasteiger partial charge in [0.05, 0.1) is 5.56 Å². The van der Waals surface area contributed by atoms with Gasteiger partial charge in [-0.1, -0.05) is 0 Å². The molecule has 0 aliphatic carbocycles. The molecule has 0 radical (unpaired) electrons. The molecule has 3 rings (SSSR count). The van der Waals surface area contributed by atoms with Crippen LogP contribution in [0.25, 0.3) is 0 Å². The Labute approximate surface area is 150 Å². The summed E-state index contributed by atoms with van der Waals surface area (Å²) >= 11 is 0. The van der Waals surface area contributed by atoms with Crippen molar-refractivity contribution < 1.29 is 13.6 Å². The highest BCUT2D eigenvalue weighted by atomic mass is 19.1. The largest absolute Gasteiger partial charge is 0.368 e. The number of halogens is 2. The molecule has 8 heteroatoms. The van der Waals surface area contributed by atoms with Gasteiger partial charge in [-0.15, -0.1) is 0 Å². The summed E-state index contributed by atoms with van der Waals surface area (Å²) in [5, 5.41) is 5.73. The van der Waals surface area contributed by atoms with Crippen molar-refractivity contribution in [2.75, 3.05) is 36.4 Å². The molecule has 2 aromatic rings. The van der Waals surface area contributed by atoms with Crippen molar-refractivity contribution in [1.82, 2.24) is 15.3 Å². The van der Waals surface area contributed by atoms with E-state index in [1.54, 1.807) is 0 Å². The molecule has 1 aromatic carbocycles. The van der Waals surface area contributed by atoms with E-state index in [1.165, 1.54) is 0 Å². The Kier molecular flexibility index (Phi) is 5.60. The molecule has 1 aliphatic heterocycles. The molecule has 0 bridgehead atoms. The highest BCUT2D eigenvalue weighted by molar-refractivity contribution is 5.94. The van der Waals surface area contributed by atoms with Crippen LogP contribution < -0.4 is 15.5 Å². The van der Waals surface area contributed by atoms with E-state index in [9.17, 15) is 13.6 Å². The number of carbonyl (C=O) groups excluding carboxylic acids is 1. The lowest BCUT2D eigenvalue weighted by Gasteiger charge is -2.17. The summed E-state index contributed by atoms with van der Waals surface area (Å²) < 4.78 is 26.5. The molecule has 0 unspecified atom stereocenters. The Morgan fingerprint density at radius 3 is 2.65 bits per heavy atom. The van der Waals surface area contributed by atoms with Gasteiger partial charge < -0.3 is 15.5 Å². The molecule has 1 aromatic heterocycles. The van der Waals surface area contributed by atoms with Gasteiger partial charge in [0.2, 0.25) is 0 Å². The molecule has 2 N–H and O–H groups in total. The van der Waals surface area contributed by atoms with E-state index in [2.05, 4.69) is 25.5 Å². The first-order valence-electron chi connectivity index (χ1n) is 8.61. The summed E-state index contributed by atoms with van der Waals surface area (Å²) in [6.07, 6.45) is 2.33. The number of nitrogens with one attached hydrogen (secondary N) is 2. The average Bonchev–Trinajstić information content (AvgIpc) is 3.13. The number of carbonyl (C=O) groups is 1. The van der Waals surface area contributed by atoms with Crippen molar-refractivity contribution in [2.45, 2.75) is 19.8 Å². The molecule has 6 nitrogen and oxygen atoms in total. The minimum absolute atomic E-state index is 0.180. The topological polar surface area (TPSA) is 70.2 Å². The summed E-state index contributed by atoms with van der Waals surface area (Å²) in [7, 11) is 0. The molecule has 1 aliphatic rings. The lowest BCUT2D eigenvalue weighted by molar-refractivity contribution is 0.0951. The van der Waals surface area contributed by atoms with Crippen LogP contribution in [0, 0.1) is 18.6 Å². The molecule has 1 amide bonds. The van der Waals surface area contributed by atoms with Crippen LogP contribution in [0.5, 0.6) is 0 Å². The number of rotatable bonds is 6. The van der Waals surface area contributed by atoms with Crippen LogP contribution in [0.15, 0.2) is 24.3 Å². The Morgan fingerprint density at radius 2 is 1.92 bits per heavy atom. The van der Waals surface area contributed by atoms with Gasteiger partial charge in [-0.2, -0.15) is 0 Å². The Hall–Kier alpha value is -2.77. The predicted molar refractivity (Wildman–Crippen MR) is 95.4 cm³/mol. The third-order valence-electron chi connectivity index (χ3n) is 4.15. The predicted octanol–water partition coefficient (Wildman–Crippen LogP) is 2.51. The zero-order valence-corrected chi connectivity index (χ0v) is 14.6. The van der Waals surface area contributed by atoms with Crippen LogP contribution in [-0.4, -0.2) is 42.1 Å². The molecule has 1 fully saturated rings. The zero-order chi connectivity index (χ0) is 18.5. The maximum atomic E-state index is 13.6. The van der Waals surface area contributed by atoms with E-state index in [-0.39, 0.29) is 12.1 Å². The van der Waals surface area contributed by atoms with Crippen LogP contribution in [0.2, 0.25) is 0 Å². The van der Waals surface area contributed by atoms with Crippen LogP contribution in [0.4, 0.5) is 20.4 Å². The fourth-order valence-corrected chi connectivity index (χ4v) is 2.89. The third kappa shape index (κ3) is 4.44. The monoisotopic (exact) mass is 361 g/mol. The van der Waals surface area contributed by atoms with Crippen molar-refractivity contribution in [3.05, 3.63) is 47.3 Å². The lowest BCUT2D eigenvalue weighted by atomic mass is 10.2. The molecule has 0 spiro atoms. The van der Waals surface area contributed by atoms with Gasteiger partial charge in [-0.3, -0.25) is 4.79 Å². The maximum Gasteiger partial charge on any atom is 0.254 e. The van der Waals surface area contributed by atoms with Gasteiger partial charge in [-0.05, 0) is 31.9 Å². The second kappa shape index (κ2) is 8.07. The highest BCUT2D eigenvalue weighted by Gasteiger charge is 2.15. The number of aryl methyl sites for hydroxylation is 1. The highest BCUT2D eigenvalue weighted by Crippen LogP contribution is 2.20. The number of anilines is 2. The Bertz CT molecular complexity index is 793. The quantitative estimate of drug-likeness (QED) is 0.774. The number of aromatic nitrogens is 2. The normalized spacial score (nSPS) is 13.7. The fourth-order valence-electron chi connectivity index (χ4n) is 2.89. The van der Waals surface area contributed by atoms with Crippen LogP contribution in [-0.2, 0) is 0 Å². The van der Waals surface area contributed by atoms with Gasteiger partial charge >= 0.3 is 0 Å². The average molecular weight is 361 g/mol. The summed E-state index contributed by atoms with van der Waals surface area (Å²) in [4.78, 5) is 23.0. The summed E-state index contributed by atoms with van der Waals surface area (Å²) in [6, 6.07) is 4.76. The molecule has 2 heterocycles. The molecular weight excluding hydrogens is 340 g/mol. The second-order valence-electron chi connectivity index (χ2n) is 6.16. The van der Waals surface area contributed by atoms with Crippen molar-refractivity contribution in [2.24, 2.45) is 0 Å². The molecule has 0 saturated carbocycles. The zero-order valence-electron chi connectivity index (χ0n) is 14.6. The number of amides is 1. The first-order valence-corrected chi connectivity index (χ1v) is 8.61. The van der Waals surface area contributed by atoms with E-state index in [1.807, 2.05) is 13.0 Å². The fraction of sp³-hybridized carbons (Fsp3) is 0.389. The van der Waals surface area contributed by atoms with Gasteiger partial charge in [0.1, 0.15) is 29.1 Å². The van der Waals surface area contributed by atoms with E-state index < -0.39 is 17.5 Å². The van der Waals surface area contributed by atoms with Crippen LogP contribution >= 0.6 is 0 Å². The van der Waals surface area contributed by atoms with Gasteiger partial charge in [0.15, 0.2) is 0 Å². The maximum absolute atomic E-state index is 13.6. The molecule has 0 atom stereocenters. The van der Waals surface area contributed by atoms with Crippen LogP contribution in [0.1, 0.15) is 29.0 Å². The number of benzene rings is 1. The Balaban J connectivity index is 1.52.